The van der Waals surface area contributed by atoms with Crippen LogP contribution in [-0.2, 0) is 11.2 Å². The summed E-state index contributed by atoms with van der Waals surface area (Å²) in [5, 5.41) is 8.46. The molecular weight excluding hydrogens is 490 g/mol. The van der Waals surface area contributed by atoms with Gasteiger partial charge in [0.1, 0.15) is 11.5 Å². The van der Waals surface area contributed by atoms with Crippen molar-refractivity contribution in [3.63, 3.8) is 0 Å². The van der Waals surface area contributed by atoms with Gasteiger partial charge in [0.15, 0.2) is 0 Å². The van der Waals surface area contributed by atoms with E-state index in [2.05, 4.69) is 15.4 Å². The predicted octanol–water partition coefficient (Wildman–Crippen LogP) is 5.44. The maximum Gasteiger partial charge on any atom is 0.248 e. The Kier molecular flexibility index (Phi) is 5.83. The number of rotatable bonds is 7. The molecule has 3 saturated carbocycles. The Bertz CT molecular complexity index is 1520. The van der Waals surface area contributed by atoms with E-state index in [0.29, 0.717) is 44.7 Å². The summed E-state index contributed by atoms with van der Waals surface area (Å²) in [4.78, 5) is 28.7. The number of carbonyl (C=O) groups is 2. The molecule has 3 N–H and O–H groups in total. The summed E-state index contributed by atoms with van der Waals surface area (Å²) in [6.45, 7) is 1.87. The van der Waals surface area contributed by atoms with Crippen LogP contribution in [0, 0.1) is 18.8 Å². The lowest BCUT2D eigenvalue weighted by Gasteiger charge is -2.24. The Morgan fingerprint density at radius 2 is 2.03 bits per heavy atom. The highest BCUT2D eigenvalue weighted by Crippen LogP contribution is 2.54. The van der Waals surface area contributed by atoms with Crippen LogP contribution in [0.15, 0.2) is 55.0 Å². The number of benzene rings is 2. The van der Waals surface area contributed by atoms with Crippen LogP contribution in [0.3, 0.4) is 0 Å². The van der Waals surface area contributed by atoms with Gasteiger partial charge >= 0.3 is 0 Å². The molecular formula is C28H26ClN5O3. The number of hydrogen-bond donors (Lipinski definition) is 2. The van der Waals surface area contributed by atoms with Gasteiger partial charge in [0.25, 0.3) is 0 Å². The summed E-state index contributed by atoms with van der Waals surface area (Å²) in [7, 11) is 0. The van der Waals surface area contributed by atoms with Gasteiger partial charge in [-0.25, -0.2) is 0 Å². The van der Waals surface area contributed by atoms with E-state index in [-0.39, 0.29) is 12.3 Å². The largest absolute Gasteiger partial charge is 0.455 e. The van der Waals surface area contributed by atoms with Crippen molar-refractivity contribution in [1.29, 1.82) is 0 Å². The second-order valence-corrected chi connectivity index (χ2v) is 10.5. The molecule has 2 heterocycles. The van der Waals surface area contributed by atoms with Crippen LogP contribution in [0.1, 0.15) is 46.8 Å². The minimum absolute atomic E-state index is 0.140. The monoisotopic (exact) mass is 515 g/mol. The number of nitrogens with one attached hydrogen (secondary N) is 1. The highest BCUT2D eigenvalue weighted by molar-refractivity contribution is 6.32. The van der Waals surface area contributed by atoms with E-state index in [1.807, 2.05) is 23.9 Å². The van der Waals surface area contributed by atoms with Gasteiger partial charge in [0, 0.05) is 23.3 Å². The number of aryl methyl sites for hydroxylation is 1. The van der Waals surface area contributed by atoms with Crippen molar-refractivity contribution in [1.82, 2.24) is 14.8 Å². The molecule has 0 saturated heterocycles. The van der Waals surface area contributed by atoms with Gasteiger partial charge in [-0.3, -0.25) is 19.3 Å². The summed E-state index contributed by atoms with van der Waals surface area (Å²) in [5.74, 6) is 1.88. The number of anilines is 1. The van der Waals surface area contributed by atoms with Crippen molar-refractivity contribution in [3.8, 4) is 11.5 Å². The van der Waals surface area contributed by atoms with Crippen molar-refractivity contribution < 1.29 is 14.3 Å². The summed E-state index contributed by atoms with van der Waals surface area (Å²) < 4.78 is 8.18. The highest BCUT2D eigenvalue weighted by atomic mass is 35.5. The van der Waals surface area contributed by atoms with Crippen LogP contribution < -0.4 is 15.8 Å². The Morgan fingerprint density at radius 1 is 1.19 bits per heavy atom. The number of fused-ring (bicyclic) bond motifs is 2. The standard InChI is InChI=1S/C28H26ClN5O3/c1-15-6-16(11-26(35)33-20-13-32-34(14-20)24-10-17-7-19(24)8-17)9-22(29)27(15)37-25-4-5-31-23-3-2-18(28(30)36)12-21(23)25/h2-6,9,12-14,17,19,24H,7-8,10-11H2,1H3,(H2,30,36)(H,33,35)/t17?,19?,24-/m1/s1. The molecule has 3 aliphatic rings. The van der Waals surface area contributed by atoms with E-state index in [1.165, 1.54) is 19.3 Å². The van der Waals surface area contributed by atoms with Crippen LogP contribution in [0.4, 0.5) is 5.69 Å². The van der Waals surface area contributed by atoms with E-state index in [1.54, 1.807) is 42.7 Å². The lowest BCUT2D eigenvalue weighted by Crippen LogP contribution is -2.17. The molecule has 0 radical (unpaired) electrons. The van der Waals surface area contributed by atoms with Gasteiger partial charge in [0.2, 0.25) is 11.8 Å². The van der Waals surface area contributed by atoms with E-state index >= 15 is 0 Å². The van der Waals surface area contributed by atoms with Crippen LogP contribution in [0.5, 0.6) is 11.5 Å². The third-order valence-electron chi connectivity index (χ3n) is 7.47. The average Bonchev–Trinajstić information content (AvgIpc) is 3.56. The Morgan fingerprint density at radius 3 is 2.76 bits per heavy atom. The second-order valence-electron chi connectivity index (χ2n) is 10.1. The molecule has 2 bridgehead atoms. The molecule has 4 aromatic rings. The maximum absolute atomic E-state index is 12.7. The normalized spacial score (nSPS) is 20.0. The first kappa shape index (κ1) is 23.5. The third kappa shape index (κ3) is 4.53. The molecule has 0 spiro atoms. The molecule has 7 rings (SSSR count). The minimum atomic E-state index is -0.531. The Balaban J connectivity index is 1.16. The molecule has 8 nitrogen and oxygen atoms in total. The number of pyridine rings is 1. The number of carbonyl (C=O) groups excluding carboxylic acids is 2. The number of ether oxygens (including phenoxy) is 1. The second kappa shape index (κ2) is 9.19. The molecule has 2 aromatic heterocycles. The smallest absolute Gasteiger partial charge is 0.248 e. The van der Waals surface area contributed by atoms with Crippen LogP contribution >= 0.6 is 11.6 Å². The first-order valence-electron chi connectivity index (χ1n) is 12.3. The number of hydrogen-bond acceptors (Lipinski definition) is 5. The number of nitrogens with two attached hydrogens (primary N) is 1. The van der Waals surface area contributed by atoms with Gasteiger partial charge < -0.3 is 15.8 Å². The van der Waals surface area contributed by atoms with Crippen molar-refractivity contribution in [2.45, 2.75) is 38.6 Å². The van der Waals surface area contributed by atoms with Crippen molar-refractivity contribution in [2.24, 2.45) is 17.6 Å². The average molecular weight is 516 g/mol. The molecule has 3 fully saturated rings. The molecule has 0 unspecified atom stereocenters. The number of halogens is 1. The fourth-order valence-electron chi connectivity index (χ4n) is 5.63. The summed E-state index contributed by atoms with van der Waals surface area (Å²) in [6, 6.07) is 10.8. The molecule has 2 amide bonds. The number of primary amides is 1. The van der Waals surface area contributed by atoms with Gasteiger partial charge in [-0.05, 0) is 79.5 Å². The summed E-state index contributed by atoms with van der Waals surface area (Å²) >= 11 is 6.59. The zero-order chi connectivity index (χ0) is 25.7. The van der Waals surface area contributed by atoms with E-state index in [4.69, 9.17) is 22.1 Å². The van der Waals surface area contributed by atoms with Gasteiger partial charge in [-0.2, -0.15) is 5.10 Å². The summed E-state index contributed by atoms with van der Waals surface area (Å²) in [6.07, 6.45) is 9.23. The number of aromatic nitrogens is 3. The van der Waals surface area contributed by atoms with E-state index < -0.39 is 5.91 Å². The Labute approximate surface area is 218 Å². The highest BCUT2D eigenvalue weighted by Gasteiger charge is 2.45. The predicted molar refractivity (Wildman–Crippen MR) is 141 cm³/mol. The van der Waals surface area contributed by atoms with E-state index in [0.717, 1.165) is 23.0 Å². The zero-order valence-corrected chi connectivity index (χ0v) is 21.0. The SMILES string of the molecule is Cc1cc(CC(=O)Nc2cnn([C@@H]3CC4CC3C4)c2)cc(Cl)c1Oc1ccnc2ccc(C(N)=O)cc12. The molecule has 37 heavy (non-hydrogen) atoms. The van der Waals surface area contributed by atoms with Crippen LogP contribution in [0.2, 0.25) is 5.02 Å². The van der Waals surface area contributed by atoms with Crippen LogP contribution in [-0.4, -0.2) is 26.6 Å². The number of nitrogens with zero attached hydrogens (tertiary/aromatic N) is 3. The fourth-order valence-corrected chi connectivity index (χ4v) is 5.96. The fraction of sp³-hybridized carbons (Fsp3) is 0.286. The summed E-state index contributed by atoms with van der Waals surface area (Å²) in [5.41, 5.74) is 8.72. The molecule has 3 aliphatic carbocycles. The van der Waals surface area contributed by atoms with E-state index in [9.17, 15) is 9.59 Å². The number of amides is 2. The molecule has 0 aliphatic heterocycles. The molecule has 188 valence electrons. The van der Waals surface area contributed by atoms with Crippen molar-refractivity contribution in [3.05, 3.63) is 76.7 Å². The van der Waals surface area contributed by atoms with Gasteiger partial charge in [0.05, 0.1) is 34.9 Å². The Hall–Kier alpha value is -3.91. The zero-order valence-electron chi connectivity index (χ0n) is 20.3. The quantitative estimate of drug-likeness (QED) is 0.340. The van der Waals surface area contributed by atoms with Crippen molar-refractivity contribution >= 4 is 40.0 Å². The first-order valence-corrected chi connectivity index (χ1v) is 12.7. The van der Waals surface area contributed by atoms with Gasteiger partial charge in [-0.1, -0.05) is 17.7 Å². The van der Waals surface area contributed by atoms with Crippen LogP contribution in [0.25, 0.3) is 10.9 Å². The molecule has 2 aromatic carbocycles. The molecule has 1 atom stereocenters. The maximum atomic E-state index is 12.7. The first-order chi connectivity index (χ1) is 17.8. The minimum Gasteiger partial charge on any atom is -0.455 e. The lowest BCUT2D eigenvalue weighted by molar-refractivity contribution is -0.115. The van der Waals surface area contributed by atoms with Gasteiger partial charge in [-0.15, -0.1) is 0 Å². The lowest BCUT2D eigenvalue weighted by atomic mass is 9.84. The molecule has 9 heteroatoms. The van der Waals surface area contributed by atoms with Crippen molar-refractivity contribution in [2.75, 3.05) is 5.32 Å². The third-order valence-corrected chi connectivity index (χ3v) is 7.75. The topological polar surface area (TPSA) is 112 Å².